The lowest BCUT2D eigenvalue weighted by Gasteiger charge is -2.00. The third kappa shape index (κ3) is 2.28. The van der Waals surface area contributed by atoms with Gasteiger partial charge in [0.1, 0.15) is 6.33 Å². The molecular formula is C10H12BrN5O. The van der Waals surface area contributed by atoms with Gasteiger partial charge in [0, 0.05) is 7.05 Å². The van der Waals surface area contributed by atoms with E-state index >= 15 is 0 Å². The van der Waals surface area contributed by atoms with Gasteiger partial charge in [-0.05, 0) is 22.4 Å². The van der Waals surface area contributed by atoms with Gasteiger partial charge in [-0.3, -0.25) is 14.6 Å². The number of nitrogens with zero attached hydrogens (tertiary/aromatic N) is 4. The van der Waals surface area contributed by atoms with Gasteiger partial charge in [-0.25, -0.2) is 4.98 Å². The van der Waals surface area contributed by atoms with Crippen LogP contribution < -0.4 is 0 Å². The highest BCUT2D eigenvalue weighted by atomic mass is 79.9. The maximum absolute atomic E-state index is 11.9. The normalized spacial score (nSPS) is 10.8. The van der Waals surface area contributed by atoms with E-state index in [0.29, 0.717) is 0 Å². The fourth-order valence-corrected chi connectivity index (χ4v) is 2.34. The lowest BCUT2D eigenvalue weighted by atomic mass is 10.2. The quantitative estimate of drug-likeness (QED) is 0.863. The van der Waals surface area contributed by atoms with Gasteiger partial charge in [0.05, 0.1) is 22.3 Å². The van der Waals surface area contributed by atoms with Gasteiger partial charge in [-0.15, -0.1) is 0 Å². The Hall–Kier alpha value is -1.50. The molecule has 0 radical (unpaired) electrons. The predicted octanol–water partition coefficient (Wildman–Crippen LogP) is 1.29. The number of carbonyl (C=O) groups is 1. The minimum Gasteiger partial charge on any atom is -0.290 e. The zero-order valence-corrected chi connectivity index (χ0v) is 11.2. The molecule has 0 atom stereocenters. The molecular weight excluding hydrogens is 286 g/mol. The summed E-state index contributed by atoms with van der Waals surface area (Å²) >= 11 is 3.47. The van der Waals surface area contributed by atoms with Gasteiger partial charge >= 0.3 is 0 Å². The van der Waals surface area contributed by atoms with Crippen molar-refractivity contribution < 1.29 is 4.79 Å². The topological polar surface area (TPSA) is 76.5 Å². The van der Waals surface area contributed by atoms with E-state index in [1.807, 2.05) is 14.0 Å². The minimum absolute atomic E-state index is 0.103. The molecule has 17 heavy (non-hydrogen) atoms. The molecule has 0 bridgehead atoms. The largest absolute Gasteiger partial charge is 0.290 e. The standard InChI is InChI=1S/C10H12BrN5O/c1-3-6-9(11)7(16(2)15-6)4-8(17)10-12-5-13-14-10/h5H,3-4H2,1-2H3,(H,12,13,14). The number of carbonyl (C=O) groups excluding carboxylic acids is 1. The summed E-state index contributed by atoms with van der Waals surface area (Å²) in [5, 5.41) is 10.6. The average molecular weight is 298 g/mol. The number of aromatic nitrogens is 5. The van der Waals surface area contributed by atoms with E-state index < -0.39 is 0 Å². The molecule has 2 heterocycles. The molecule has 0 amide bonds. The third-order valence-electron chi connectivity index (χ3n) is 2.51. The molecule has 0 fully saturated rings. The first-order valence-corrected chi connectivity index (χ1v) is 6.01. The minimum atomic E-state index is -0.103. The molecule has 0 saturated heterocycles. The molecule has 7 heteroatoms. The fraction of sp³-hybridized carbons (Fsp3) is 0.400. The van der Waals surface area contributed by atoms with Gasteiger partial charge in [-0.1, -0.05) is 6.92 Å². The number of Topliss-reactive ketones (excluding diaryl/α,β-unsaturated/α-hetero) is 1. The van der Waals surface area contributed by atoms with Crippen LogP contribution in [0.1, 0.15) is 28.9 Å². The highest BCUT2D eigenvalue weighted by Gasteiger charge is 2.18. The van der Waals surface area contributed by atoms with Crippen LogP contribution in [0.3, 0.4) is 0 Å². The molecule has 0 aliphatic carbocycles. The van der Waals surface area contributed by atoms with Crippen LogP contribution in [0.4, 0.5) is 0 Å². The fourth-order valence-electron chi connectivity index (χ4n) is 1.59. The number of halogens is 1. The van der Waals surface area contributed by atoms with Crippen LogP contribution in [-0.2, 0) is 19.9 Å². The molecule has 0 spiro atoms. The average Bonchev–Trinajstić information content (AvgIpc) is 2.92. The second kappa shape index (κ2) is 4.79. The Balaban J connectivity index is 2.25. The number of H-pyrrole nitrogens is 1. The number of hydrogen-bond donors (Lipinski definition) is 1. The highest BCUT2D eigenvalue weighted by molar-refractivity contribution is 9.10. The van der Waals surface area contributed by atoms with E-state index in [9.17, 15) is 4.79 Å². The highest BCUT2D eigenvalue weighted by Crippen LogP contribution is 2.22. The monoisotopic (exact) mass is 297 g/mol. The van der Waals surface area contributed by atoms with E-state index in [2.05, 4.69) is 36.2 Å². The van der Waals surface area contributed by atoms with Crippen molar-refractivity contribution >= 4 is 21.7 Å². The summed E-state index contributed by atoms with van der Waals surface area (Å²) in [6.45, 7) is 2.02. The molecule has 0 aliphatic rings. The molecule has 2 rings (SSSR count). The van der Waals surface area contributed by atoms with Crippen molar-refractivity contribution in [1.29, 1.82) is 0 Å². The number of nitrogens with one attached hydrogen (secondary N) is 1. The molecule has 0 unspecified atom stereocenters. The van der Waals surface area contributed by atoms with Crippen LogP contribution in [0.25, 0.3) is 0 Å². The second-order valence-electron chi connectivity index (χ2n) is 3.62. The van der Waals surface area contributed by atoms with Gasteiger partial charge in [0.25, 0.3) is 0 Å². The predicted molar refractivity (Wildman–Crippen MR) is 64.7 cm³/mol. The Kier molecular flexibility index (Phi) is 3.37. The van der Waals surface area contributed by atoms with E-state index in [0.717, 1.165) is 22.3 Å². The maximum Gasteiger partial charge on any atom is 0.205 e. The van der Waals surface area contributed by atoms with Crippen molar-refractivity contribution in [2.24, 2.45) is 7.05 Å². The molecule has 2 aromatic heterocycles. The van der Waals surface area contributed by atoms with Gasteiger partial charge in [-0.2, -0.15) is 10.2 Å². The van der Waals surface area contributed by atoms with Crippen molar-refractivity contribution in [1.82, 2.24) is 25.0 Å². The molecule has 90 valence electrons. The summed E-state index contributed by atoms with van der Waals surface area (Å²) < 4.78 is 2.62. The van der Waals surface area contributed by atoms with Crippen LogP contribution in [0.15, 0.2) is 10.8 Å². The van der Waals surface area contributed by atoms with Crippen LogP contribution >= 0.6 is 15.9 Å². The van der Waals surface area contributed by atoms with Gasteiger partial charge in [0.15, 0.2) is 5.82 Å². The number of rotatable bonds is 4. The summed E-state index contributed by atoms with van der Waals surface area (Å²) in [6, 6.07) is 0. The van der Waals surface area contributed by atoms with Crippen LogP contribution in [-0.4, -0.2) is 30.7 Å². The lowest BCUT2D eigenvalue weighted by molar-refractivity contribution is 0.0981. The van der Waals surface area contributed by atoms with E-state index in [4.69, 9.17) is 0 Å². The number of aryl methyl sites for hydroxylation is 2. The summed E-state index contributed by atoms with van der Waals surface area (Å²) in [6.07, 6.45) is 2.40. The molecule has 1 N–H and O–H groups in total. The number of hydrogen-bond acceptors (Lipinski definition) is 4. The lowest BCUT2D eigenvalue weighted by Crippen LogP contribution is -2.10. The summed E-state index contributed by atoms with van der Waals surface area (Å²) in [4.78, 5) is 15.7. The van der Waals surface area contributed by atoms with Gasteiger partial charge in [0.2, 0.25) is 5.78 Å². The van der Waals surface area contributed by atoms with Crippen LogP contribution in [0.2, 0.25) is 0 Å². The molecule has 0 saturated carbocycles. The van der Waals surface area contributed by atoms with E-state index in [-0.39, 0.29) is 18.0 Å². The van der Waals surface area contributed by atoms with Crippen LogP contribution in [0.5, 0.6) is 0 Å². The number of aromatic amines is 1. The van der Waals surface area contributed by atoms with Crippen molar-refractivity contribution in [3.8, 4) is 0 Å². The first kappa shape index (κ1) is 12.0. The number of ketones is 1. The Morgan fingerprint density at radius 1 is 1.59 bits per heavy atom. The molecule has 0 aromatic carbocycles. The third-order valence-corrected chi connectivity index (χ3v) is 3.43. The molecule has 0 aliphatic heterocycles. The molecule has 6 nitrogen and oxygen atoms in total. The summed E-state index contributed by atoms with van der Waals surface area (Å²) in [5.74, 6) is 0.171. The van der Waals surface area contributed by atoms with Crippen molar-refractivity contribution in [2.75, 3.05) is 0 Å². The van der Waals surface area contributed by atoms with E-state index in [1.165, 1.54) is 6.33 Å². The first-order valence-electron chi connectivity index (χ1n) is 5.22. The van der Waals surface area contributed by atoms with Crippen molar-refractivity contribution in [3.63, 3.8) is 0 Å². The molecule has 2 aromatic rings. The zero-order valence-electron chi connectivity index (χ0n) is 9.57. The zero-order chi connectivity index (χ0) is 12.4. The Morgan fingerprint density at radius 3 is 2.88 bits per heavy atom. The van der Waals surface area contributed by atoms with Gasteiger partial charge < -0.3 is 0 Å². The van der Waals surface area contributed by atoms with Crippen molar-refractivity contribution in [2.45, 2.75) is 19.8 Å². The maximum atomic E-state index is 11.9. The Morgan fingerprint density at radius 2 is 2.35 bits per heavy atom. The smallest absolute Gasteiger partial charge is 0.205 e. The van der Waals surface area contributed by atoms with Crippen LogP contribution in [0, 0.1) is 0 Å². The summed E-state index contributed by atoms with van der Waals surface area (Å²) in [5.41, 5.74) is 1.80. The SMILES string of the molecule is CCc1nn(C)c(CC(=O)c2ncn[nH]2)c1Br. The Bertz CT molecular complexity index is 531. The summed E-state index contributed by atoms with van der Waals surface area (Å²) in [7, 11) is 1.83. The first-order chi connectivity index (χ1) is 8.13. The van der Waals surface area contributed by atoms with Crippen molar-refractivity contribution in [3.05, 3.63) is 28.0 Å². The van der Waals surface area contributed by atoms with E-state index in [1.54, 1.807) is 4.68 Å². The second-order valence-corrected chi connectivity index (χ2v) is 4.41. The Labute approximate surface area is 107 Å².